The number of benzene rings is 1. The van der Waals surface area contributed by atoms with Crippen LogP contribution >= 0.6 is 11.3 Å². The number of amides is 2. The molecule has 0 saturated carbocycles. The highest BCUT2D eigenvalue weighted by atomic mass is 32.1. The van der Waals surface area contributed by atoms with Gasteiger partial charge in [-0.25, -0.2) is 9.78 Å². The first kappa shape index (κ1) is 14.8. The van der Waals surface area contributed by atoms with Crippen LogP contribution in [0.1, 0.15) is 27.6 Å². The summed E-state index contributed by atoms with van der Waals surface area (Å²) in [5, 5.41) is 6.76. The predicted molar refractivity (Wildman–Crippen MR) is 87.7 cm³/mol. The van der Waals surface area contributed by atoms with Gasteiger partial charge in [-0.05, 0) is 50.5 Å². The zero-order valence-electron chi connectivity index (χ0n) is 12.7. The first-order chi connectivity index (χ1) is 10.6. The van der Waals surface area contributed by atoms with Crippen molar-refractivity contribution in [1.82, 2.24) is 10.3 Å². The van der Waals surface area contributed by atoms with Gasteiger partial charge in [0, 0.05) is 10.6 Å². The molecule has 0 radical (unpaired) electrons. The molecule has 0 atom stereocenters. The van der Waals surface area contributed by atoms with E-state index in [1.165, 1.54) is 0 Å². The van der Waals surface area contributed by atoms with Crippen LogP contribution in [0.5, 0.6) is 5.75 Å². The quantitative estimate of drug-likeness (QED) is 0.912. The average molecular weight is 317 g/mol. The Hall–Kier alpha value is -2.08. The summed E-state index contributed by atoms with van der Waals surface area (Å²) in [7, 11) is 0. The van der Waals surface area contributed by atoms with E-state index < -0.39 is 0 Å². The first-order valence-corrected chi connectivity index (χ1v) is 8.17. The van der Waals surface area contributed by atoms with Gasteiger partial charge in [-0.3, -0.25) is 0 Å². The molecule has 0 bridgehead atoms. The van der Waals surface area contributed by atoms with E-state index in [0.717, 1.165) is 52.0 Å². The fourth-order valence-corrected chi connectivity index (χ4v) is 3.39. The minimum atomic E-state index is -0.206. The van der Waals surface area contributed by atoms with Crippen molar-refractivity contribution in [1.29, 1.82) is 0 Å². The molecule has 2 aromatic rings. The molecular formula is C16H19N3O2S. The van der Waals surface area contributed by atoms with Gasteiger partial charge in [-0.15, -0.1) is 11.3 Å². The number of hydrogen-bond acceptors (Lipinski definition) is 4. The molecule has 0 saturated heterocycles. The summed E-state index contributed by atoms with van der Waals surface area (Å²) < 4.78 is 5.57. The summed E-state index contributed by atoms with van der Waals surface area (Å²) in [5.74, 6) is 0.924. The molecule has 0 spiro atoms. The van der Waals surface area contributed by atoms with E-state index in [2.05, 4.69) is 15.6 Å². The maximum Gasteiger partial charge on any atom is 0.319 e. The van der Waals surface area contributed by atoms with Crippen molar-refractivity contribution in [2.75, 3.05) is 11.9 Å². The van der Waals surface area contributed by atoms with E-state index in [1.807, 2.05) is 32.0 Å². The molecule has 3 rings (SSSR count). The normalized spacial score (nSPS) is 13.2. The largest absolute Gasteiger partial charge is 0.493 e. The maximum absolute atomic E-state index is 12.0. The van der Waals surface area contributed by atoms with E-state index in [-0.39, 0.29) is 6.03 Å². The van der Waals surface area contributed by atoms with Gasteiger partial charge in [0.1, 0.15) is 5.75 Å². The van der Waals surface area contributed by atoms with Crippen LogP contribution in [0.2, 0.25) is 0 Å². The second kappa shape index (κ2) is 6.36. The van der Waals surface area contributed by atoms with E-state index >= 15 is 0 Å². The molecule has 2 amide bonds. The lowest BCUT2D eigenvalue weighted by molar-refractivity contribution is 0.252. The van der Waals surface area contributed by atoms with E-state index in [4.69, 9.17) is 4.74 Å². The van der Waals surface area contributed by atoms with Crippen LogP contribution in [0.15, 0.2) is 18.2 Å². The standard InChI is InChI=1S/C16H19N3O2S/c1-10-15(22-11(2)18-10)9-17-16(20)19-13-5-6-14-12(8-13)4-3-7-21-14/h5-6,8H,3-4,7,9H2,1-2H3,(H2,17,19,20). The highest BCUT2D eigenvalue weighted by Crippen LogP contribution is 2.27. The highest BCUT2D eigenvalue weighted by molar-refractivity contribution is 7.11. The van der Waals surface area contributed by atoms with Crippen LogP contribution in [0.4, 0.5) is 10.5 Å². The Kier molecular flexibility index (Phi) is 4.29. The average Bonchev–Trinajstić information content (AvgIpc) is 2.83. The Morgan fingerprint density at radius 2 is 2.27 bits per heavy atom. The zero-order valence-corrected chi connectivity index (χ0v) is 13.5. The third-order valence-corrected chi connectivity index (χ3v) is 4.65. The smallest absolute Gasteiger partial charge is 0.319 e. The van der Waals surface area contributed by atoms with Crippen LogP contribution in [0.3, 0.4) is 0 Å². The summed E-state index contributed by atoms with van der Waals surface area (Å²) in [4.78, 5) is 17.4. The molecule has 5 nitrogen and oxygen atoms in total. The molecule has 116 valence electrons. The van der Waals surface area contributed by atoms with E-state index in [1.54, 1.807) is 11.3 Å². The number of carbonyl (C=O) groups excluding carboxylic acids is 1. The number of ether oxygens (including phenoxy) is 1. The Morgan fingerprint density at radius 1 is 1.41 bits per heavy atom. The maximum atomic E-state index is 12.0. The molecule has 1 aromatic heterocycles. The molecule has 0 fully saturated rings. The minimum absolute atomic E-state index is 0.206. The number of thiazole rings is 1. The number of nitrogens with one attached hydrogen (secondary N) is 2. The topological polar surface area (TPSA) is 63.2 Å². The van der Waals surface area contributed by atoms with Gasteiger partial charge in [-0.2, -0.15) is 0 Å². The van der Waals surface area contributed by atoms with Crippen LogP contribution in [-0.2, 0) is 13.0 Å². The lowest BCUT2D eigenvalue weighted by Gasteiger charge is -2.18. The monoisotopic (exact) mass is 317 g/mol. The summed E-state index contributed by atoms with van der Waals surface area (Å²) in [6.45, 7) is 5.20. The number of anilines is 1. The number of carbonyl (C=O) groups is 1. The van der Waals surface area contributed by atoms with Gasteiger partial charge in [0.25, 0.3) is 0 Å². The minimum Gasteiger partial charge on any atom is -0.493 e. The second-order valence-electron chi connectivity index (χ2n) is 5.32. The fraction of sp³-hybridized carbons (Fsp3) is 0.375. The van der Waals surface area contributed by atoms with Crippen molar-refractivity contribution in [3.8, 4) is 5.75 Å². The lowest BCUT2D eigenvalue weighted by Crippen LogP contribution is -2.28. The fourth-order valence-electron chi connectivity index (χ4n) is 2.51. The van der Waals surface area contributed by atoms with Crippen molar-refractivity contribution < 1.29 is 9.53 Å². The molecule has 1 aliphatic heterocycles. The van der Waals surface area contributed by atoms with Crippen molar-refractivity contribution in [3.63, 3.8) is 0 Å². The van der Waals surface area contributed by atoms with Crippen LogP contribution < -0.4 is 15.4 Å². The van der Waals surface area contributed by atoms with Crippen LogP contribution in [0.25, 0.3) is 0 Å². The molecule has 1 aromatic carbocycles. The summed E-state index contributed by atoms with van der Waals surface area (Å²) in [6.07, 6.45) is 2.01. The summed E-state index contributed by atoms with van der Waals surface area (Å²) in [6, 6.07) is 5.56. The number of hydrogen-bond donors (Lipinski definition) is 2. The number of aryl methyl sites for hydroxylation is 3. The number of nitrogens with zero attached hydrogens (tertiary/aromatic N) is 1. The van der Waals surface area contributed by atoms with Gasteiger partial charge in [0.2, 0.25) is 0 Å². The Balaban J connectivity index is 1.58. The molecule has 0 unspecified atom stereocenters. The Bertz CT molecular complexity index is 697. The molecule has 0 aliphatic carbocycles. The van der Waals surface area contributed by atoms with Gasteiger partial charge in [0.05, 0.1) is 23.9 Å². The molecule has 2 heterocycles. The highest BCUT2D eigenvalue weighted by Gasteiger charge is 2.12. The molecule has 1 aliphatic rings. The van der Waals surface area contributed by atoms with Crippen LogP contribution in [-0.4, -0.2) is 17.6 Å². The zero-order chi connectivity index (χ0) is 15.5. The lowest BCUT2D eigenvalue weighted by atomic mass is 10.1. The number of urea groups is 1. The van der Waals surface area contributed by atoms with Gasteiger partial charge in [0.15, 0.2) is 0 Å². The third kappa shape index (κ3) is 3.39. The Morgan fingerprint density at radius 3 is 3.05 bits per heavy atom. The molecular weight excluding hydrogens is 298 g/mol. The summed E-state index contributed by atoms with van der Waals surface area (Å²) in [5.41, 5.74) is 2.92. The third-order valence-electron chi connectivity index (χ3n) is 3.58. The van der Waals surface area contributed by atoms with Crippen molar-refractivity contribution in [2.45, 2.75) is 33.2 Å². The molecule has 22 heavy (non-hydrogen) atoms. The molecule has 6 heteroatoms. The van der Waals surface area contributed by atoms with E-state index in [9.17, 15) is 4.79 Å². The van der Waals surface area contributed by atoms with Gasteiger partial charge < -0.3 is 15.4 Å². The van der Waals surface area contributed by atoms with Crippen molar-refractivity contribution >= 4 is 23.1 Å². The van der Waals surface area contributed by atoms with Crippen molar-refractivity contribution in [2.24, 2.45) is 0 Å². The van der Waals surface area contributed by atoms with Crippen molar-refractivity contribution in [3.05, 3.63) is 39.3 Å². The number of aromatic nitrogens is 1. The summed E-state index contributed by atoms with van der Waals surface area (Å²) >= 11 is 1.61. The van der Waals surface area contributed by atoms with E-state index in [0.29, 0.717) is 6.54 Å². The van der Waals surface area contributed by atoms with Crippen LogP contribution in [0, 0.1) is 13.8 Å². The van der Waals surface area contributed by atoms with Gasteiger partial charge >= 0.3 is 6.03 Å². The SMILES string of the molecule is Cc1nc(C)c(CNC(=O)Nc2ccc3c(c2)CCCO3)s1. The Labute approximate surface area is 133 Å². The first-order valence-electron chi connectivity index (χ1n) is 7.35. The second-order valence-corrected chi connectivity index (χ2v) is 6.61. The number of rotatable bonds is 3. The predicted octanol–water partition coefficient (Wildman–Crippen LogP) is 3.41. The van der Waals surface area contributed by atoms with Gasteiger partial charge in [-0.1, -0.05) is 0 Å². The molecule has 2 N–H and O–H groups in total. The number of fused-ring (bicyclic) bond motifs is 1.